The van der Waals surface area contributed by atoms with E-state index in [-0.39, 0.29) is 6.04 Å². The van der Waals surface area contributed by atoms with Crippen LogP contribution in [0.15, 0.2) is 42.6 Å². The van der Waals surface area contributed by atoms with E-state index in [4.69, 9.17) is 11.6 Å². The van der Waals surface area contributed by atoms with Gasteiger partial charge in [-0.05, 0) is 42.5 Å². The number of halogens is 1. The molecule has 4 rings (SSSR count). The predicted molar refractivity (Wildman–Crippen MR) is 105 cm³/mol. The molecule has 9 heteroatoms. The van der Waals surface area contributed by atoms with Crippen LogP contribution in [0, 0.1) is 11.3 Å². The number of hydrogen-bond donors (Lipinski definition) is 0. The summed E-state index contributed by atoms with van der Waals surface area (Å²) >= 11 is 6.04. The number of piperazine rings is 1. The van der Waals surface area contributed by atoms with Crippen molar-refractivity contribution in [2.45, 2.75) is 13.0 Å². The number of nitriles is 1. The Morgan fingerprint density at radius 3 is 2.71 bits per heavy atom. The second-order valence-corrected chi connectivity index (χ2v) is 7.04. The molecule has 0 aliphatic carbocycles. The number of anilines is 1. The SMILES string of the molecule is CC(c1nnn(-c2cccc(Cl)c2)n1)N1CCN(c2ncccc2C#N)CC1. The third-order valence-electron chi connectivity index (χ3n) is 4.91. The van der Waals surface area contributed by atoms with Crippen LogP contribution in [0.5, 0.6) is 0 Å². The number of pyridine rings is 1. The smallest absolute Gasteiger partial charge is 0.192 e. The lowest BCUT2D eigenvalue weighted by molar-refractivity contribution is 0.191. The van der Waals surface area contributed by atoms with Gasteiger partial charge in [-0.3, -0.25) is 4.90 Å². The van der Waals surface area contributed by atoms with E-state index < -0.39 is 0 Å². The molecule has 1 aromatic carbocycles. The second kappa shape index (κ2) is 7.92. The summed E-state index contributed by atoms with van der Waals surface area (Å²) in [4.78, 5) is 10.3. The average molecular weight is 395 g/mol. The fraction of sp³-hybridized carbons (Fsp3) is 0.316. The van der Waals surface area contributed by atoms with Gasteiger partial charge < -0.3 is 4.90 Å². The van der Waals surface area contributed by atoms with Gasteiger partial charge in [0.1, 0.15) is 11.9 Å². The van der Waals surface area contributed by atoms with E-state index in [1.165, 1.54) is 4.80 Å². The van der Waals surface area contributed by atoms with Crippen molar-refractivity contribution >= 4 is 17.4 Å². The van der Waals surface area contributed by atoms with Crippen LogP contribution in [0.2, 0.25) is 5.02 Å². The standard InChI is InChI=1S/C19H19ClN8/c1-14(18-23-25-28(24-18)17-6-2-5-16(20)12-17)26-8-10-27(11-9-26)19-15(13-21)4-3-7-22-19/h2-7,12,14H,8-11H2,1H3. The summed E-state index contributed by atoms with van der Waals surface area (Å²) in [6.45, 7) is 5.32. The molecule has 3 aromatic rings. The van der Waals surface area contributed by atoms with E-state index >= 15 is 0 Å². The zero-order valence-electron chi connectivity index (χ0n) is 15.4. The van der Waals surface area contributed by atoms with Gasteiger partial charge in [-0.2, -0.15) is 5.26 Å². The third kappa shape index (κ3) is 3.67. The Kier molecular flexibility index (Phi) is 5.19. The molecule has 28 heavy (non-hydrogen) atoms. The fourth-order valence-corrected chi connectivity index (χ4v) is 3.51. The molecule has 0 bridgehead atoms. The molecule has 1 fully saturated rings. The van der Waals surface area contributed by atoms with Crippen LogP contribution in [0.3, 0.4) is 0 Å². The van der Waals surface area contributed by atoms with Crippen LogP contribution in [-0.4, -0.2) is 56.3 Å². The van der Waals surface area contributed by atoms with E-state index in [0.29, 0.717) is 16.4 Å². The molecule has 0 N–H and O–H groups in total. The molecule has 0 saturated carbocycles. The molecule has 0 radical (unpaired) electrons. The minimum atomic E-state index is 0.0363. The Hall–Kier alpha value is -3.02. The monoisotopic (exact) mass is 394 g/mol. The van der Waals surface area contributed by atoms with Gasteiger partial charge in [0.05, 0.1) is 17.3 Å². The first kappa shape index (κ1) is 18.3. The van der Waals surface area contributed by atoms with Gasteiger partial charge in [-0.1, -0.05) is 17.7 Å². The number of tetrazole rings is 1. The topological polar surface area (TPSA) is 86.8 Å². The number of hydrogen-bond acceptors (Lipinski definition) is 7. The third-order valence-corrected chi connectivity index (χ3v) is 5.15. The van der Waals surface area contributed by atoms with Gasteiger partial charge in [0.2, 0.25) is 0 Å². The predicted octanol–water partition coefficient (Wildman–Crippen LogP) is 2.47. The lowest BCUT2D eigenvalue weighted by atomic mass is 10.2. The maximum Gasteiger partial charge on any atom is 0.192 e. The highest BCUT2D eigenvalue weighted by atomic mass is 35.5. The molecule has 1 saturated heterocycles. The van der Waals surface area contributed by atoms with Crippen molar-refractivity contribution in [3.8, 4) is 11.8 Å². The first-order valence-corrected chi connectivity index (χ1v) is 9.43. The highest BCUT2D eigenvalue weighted by Gasteiger charge is 2.26. The van der Waals surface area contributed by atoms with Gasteiger partial charge in [0.15, 0.2) is 5.82 Å². The summed E-state index contributed by atoms with van der Waals surface area (Å²) < 4.78 is 0. The van der Waals surface area contributed by atoms with Crippen LogP contribution in [0.25, 0.3) is 5.69 Å². The Bertz CT molecular complexity index is 1000. The summed E-state index contributed by atoms with van der Waals surface area (Å²) in [7, 11) is 0. The largest absolute Gasteiger partial charge is 0.353 e. The molecular formula is C19H19ClN8. The number of nitrogens with zero attached hydrogens (tertiary/aromatic N) is 8. The number of aromatic nitrogens is 5. The molecule has 0 amide bonds. The van der Waals surface area contributed by atoms with Crippen molar-refractivity contribution in [1.82, 2.24) is 30.1 Å². The van der Waals surface area contributed by atoms with Gasteiger partial charge in [-0.15, -0.1) is 15.0 Å². The van der Waals surface area contributed by atoms with E-state index in [9.17, 15) is 5.26 Å². The minimum absolute atomic E-state index is 0.0363. The van der Waals surface area contributed by atoms with Crippen LogP contribution in [0.4, 0.5) is 5.82 Å². The Balaban J connectivity index is 1.43. The molecular weight excluding hydrogens is 376 g/mol. The molecule has 1 unspecified atom stereocenters. The van der Waals surface area contributed by atoms with Gasteiger partial charge in [-0.25, -0.2) is 4.98 Å². The lowest BCUT2D eigenvalue weighted by Gasteiger charge is -2.37. The first-order chi connectivity index (χ1) is 13.7. The second-order valence-electron chi connectivity index (χ2n) is 6.60. The summed E-state index contributed by atoms with van der Waals surface area (Å²) in [5, 5.41) is 22.8. The lowest BCUT2D eigenvalue weighted by Crippen LogP contribution is -2.47. The van der Waals surface area contributed by atoms with Crippen LogP contribution < -0.4 is 4.90 Å². The summed E-state index contributed by atoms with van der Waals surface area (Å²) in [6.07, 6.45) is 1.73. The molecule has 1 aliphatic heterocycles. The Labute approximate surface area is 168 Å². The van der Waals surface area contributed by atoms with Gasteiger partial charge in [0, 0.05) is 37.4 Å². The summed E-state index contributed by atoms with van der Waals surface area (Å²) in [6, 6.07) is 13.2. The van der Waals surface area contributed by atoms with Crippen molar-refractivity contribution in [3.05, 3.63) is 59.0 Å². The molecule has 3 heterocycles. The fourth-order valence-electron chi connectivity index (χ4n) is 3.32. The summed E-state index contributed by atoms with van der Waals surface area (Å²) in [5.41, 5.74) is 1.39. The van der Waals surface area contributed by atoms with Crippen molar-refractivity contribution in [1.29, 1.82) is 5.26 Å². The van der Waals surface area contributed by atoms with E-state index in [0.717, 1.165) is 37.7 Å². The normalized spacial score (nSPS) is 16.0. The Morgan fingerprint density at radius 2 is 1.96 bits per heavy atom. The Morgan fingerprint density at radius 1 is 1.14 bits per heavy atom. The average Bonchev–Trinajstić information content (AvgIpc) is 3.24. The molecule has 2 aromatic heterocycles. The molecule has 0 spiro atoms. The molecule has 1 atom stereocenters. The van der Waals surface area contributed by atoms with Gasteiger partial charge >= 0.3 is 0 Å². The zero-order chi connectivity index (χ0) is 19.5. The van der Waals surface area contributed by atoms with E-state index in [2.05, 4.69) is 43.2 Å². The summed E-state index contributed by atoms with van der Waals surface area (Å²) in [5.74, 6) is 1.42. The highest BCUT2D eigenvalue weighted by molar-refractivity contribution is 6.30. The van der Waals surface area contributed by atoms with Crippen molar-refractivity contribution in [2.75, 3.05) is 31.1 Å². The minimum Gasteiger partial charge on any atom is -0.353 e. The van der Waals surface area contributed by atoms with Gasteiger partial charge in [0.25, 0.3) is 0 Å². The first-order valence-electron chi connectivity index (χ1n) is 9.05. The van der Waals surface area contributed by atoms with E-state index in [1.54, 1.807) is 24.4 Å². The highest BCUT2D eigenvalue weighted by Crippen LogP contribution is 2.23. The molecule has 142 valence electrons. The van der Waals surface area contributed by atoms with Crippen molar-refractivity contribution < 1.29 is 0 Å². The maximum atomic E-state index is 9.29. The number of benzene rings is 1. The van der Waals surface area contributed by atoms with Crippen molar-refractivity contribution in [3.63, 3.8) is 0 Å². The quantitative estimate of drug-likeness (QED) is 0.671. The van der Waals surface area contributed by atoms with Crippen LogP contribution in [0.1, 0.15) is 24.4 Å². The van der Waals surface area contributed by atoms with Crippen molar-refractivity contribution in [2.24, 2.45) is 0 Å². The molecule has 8 nitrogen and oxygen atoms in total. The van der Waals surface area contributed by atoms with Crippen LogP contribution >= 0.6 is 11.6 Å². The van der Waals surface area contributed by atoms with Crippen LogP contribution in [-0.2, 0) is 0 Å². The zero-order valence-corrected chi connectivity index (χ0v) is 16.2. The maximum absolute atomic E-state index is 9.29. The number of rotatable bonds is 4. The van der Waals surface area contributed by atoms with E-state index in [1.807, 2.05) is 18.2 Å². The molecule has 1 aliphatic rings.